The fourth-order valence-electron chi connectivity index (χ4n) is 2.55. The summed E-state index contributed by atoms with van der Waals surface area (Å²) in [6, 6.07) is 4.50. The van der Waals surface area contributed by atoms with Gasteiger partial charge in [0, 0.05) is 18.7 Å². The minimum Gasteiger partial charge on any atom is -0.497 e. The van der Waals surface area contributed by atoms with Crippen molar-refractivity contribution >= 4 is 5.69 Å². The fourth-order valence-corrected chi connectivity index (χ4v) is 2.55. The number of methoxy groups -OCH3 is 2. The van der Waals surface area contributed by atoms with E-state index in [1.807, 2.05) is 12.1 Å². The zero-order valence-electron chi connectivity index (χ0n) is 12.1. The Bertz CT molecular complexity index is 415. The molecule has 1 aromatic carbocycles. The van der Waals surface area contributed by atoms with Gasteiger partial charge in [-0.2, -0.15) is 0 Å². The van der Waals surface area contributed by atoms with Gasteiger partial charge in [0.05, 0.1) is 19.9 Å². The van der Waals surface area contributed by atoms with Crippen molar-refractivity contribution < 1.29 is 9.47 Å². The van der Waals surface area contributed by atoms with Gasteiger partial charge in [0.2, 0.25) is 0 Å². The molecule has 1 unspecified atom stereocenters. The molecule has 1 atom stereocenters. The fraction of sp³-hybridized carbons (Fsp3) is 0.600. The van der Waals surface area contributed by atoms with Crippen molar-refractivity contribution in [2.45, 2.75) is 32.2 Å². The maximum Gasteiger partial charge on any atom is 0.145 e. The lowest BCUT2D eigenvalue weighted by molar-refractivity contribution is 0.393. The van der Waals surface area contributed by atoms with E-state index in [1.165, 1.54) is 19.3 Å². The van der Waals surface area contributed by atoms with Crippen LogP contribution in [0.15, 0.2) is 12.1 Å². The second-order valence-corrected chi connectivity index (χ2v) is 5.05. The predicted octanol–water partition coefficient (Wildman–Crippen LogP) is 2.57. The molecular weight excluding hydrogens is 240 g/mol. The monoisotopic (exact) mass is 264 g/mol. The molecule has 19 heavy (non-hydrogen) atoms. The summed E-state index contributed by atoms with van der Waals surface area (Å²) in [4.78, 5) is 0. The van der Waals surface area contributed by atoms with Crippen LogP contribution in [0.2, 0.25) is 0 Å². The Balaban J connectivity index is 2.05. The number of aryl methyl sites for hydroxylation is 1. The minimum atomic E-state index is 0.556. The molecule has 1 saturated heterocycles. The second-order valence-electron chi connectivity index (χ2n) is 5.05. The summed E-state index contributed by atoms with van der Waals surface area (Å²) < 4.78 is 10.7. The van der Waals surface area contributed by atoms with E-state index < -0.39 is 0 Å². The quantitative estimate of drug-likeness (QED) is 0.858. The van der Waals surface area contributed by atoms with Crippen molar-refractivity contribution in [3.63, 3.8) is 0 Å². The van der Waals surface area contributed by atoms with Crippen LogP contribution in [-0.2, 0) is 0 Å². The van der Waals surface area contributed by atoms with Gasteiger partial charge in [-0.1, -0.05) is 6.42 Å². The molecule has 1 aliphatic heterocycles. The number of piperidine rings is 1. The van der Waals surface area contributed by atoms with Crippen LogP contribution >= 0.6 is 0 Å². The average molecular weight is 264 g/mol. The first kappa shape index (κ1) is 14.0. The van der Waals surface area contributed by atoms with Crippen molar-refractivity contribution in [2.75, 3.05) is 32.6 Å². The highest BCUT2D eigenvalue weighted by molar-refractivity contribution is 5.64. The molecule has 2 rings (SSSR count). The van der Waals surface area contributed by atoms with E-state index in [-0.39, 0.29) is 0 Å². The van der Waals surface area contributed by atoms with Crippen LogP contribution in [0, 0.1) is 6.92 Å². The molecule has 0 aliphatic carbocycles. The summed E-state index contributed by atoms with van der Waals surface area (Å²) in [5, 5.41) is 7.05. The first-order valence-corrected chi connectivity index (χ1v) is 6.94. The van der Waals surface area contributed by atoms with Crippen LogP contribution in [0.5, 0.6) is 11.5 Å². The Morgan fingerprint density at radius 2 is 2.11 bits per heavy atom. The molecule has 0 bridgehead atoms. The van der Waals surface area contributed by atoms with Crippen LogP contribution in [0.4, 0.5) is 5.69 Å². The average Bonchev–Trinajstić information content (AvgIpc) is 2.46. The minimum absolute atomic E-state index is 0.556. The van der Waals surface area contributed by atoms with Crippen LogP contribution in [0.3, 0.4) is 0 Å². The van der Waals surface area contributed by atoms with Gasteiger partial charge in [0.25, 0.3) is 0 Å². The summed E-state index contributed by atoms with van der Waals surface area (Å²) in [5.74, 6) is 1.67. The summed E-state index contributed by atoms with van der Waals surface area (Å²) in [5.41, 5.74) is 2.21. The molecule has 0 amide bonds. The number of nitrogens with one attached hydrogen (secondary N) is 2. The van der Waals surface area contributed by atoms with E-state index in [4.69, 9.17) is 9.47 Å². The Morgan fingerprint density at radius 3 is 2.74 bits per heavy atom. The van der Waals surface area contributed by atoms with Crippen LogP contribution in [-0.4, -0.2) is 33.4 Å². The normalized spacial score (nSPS) is 19.0. The topological polar surface area (TPSA) is 42.5 Å². The molecule has 0 saturated carbocycles. The maximum atomic E-state index is 5.45. The molecule has 2 N–H and O–H groups in total. The number of anilines is 1. The van der Waals surface area contributed by atoms with Gasteiger partial charge >= 0.3 is 0 Å². The standard InChI is InChI=1S/C15H24N2O2/c1-11-8-13(18-2)9-14(19-3)15(11)17-10-12-6-4-5-7-16-12/h8-9,12,16-17H,4-7,10H2,1-3H3. The molecule has 106 valence electrons. The maximum absolute atomic E-state index is 5.45. The Labute approximate surface area is 115 Å². The third-order valence-corrected chi connectivity index (χ3v) is 3.67. The highest BCUT2D eigenvalue weighted by atomic mass is 16.5. The summed E-state index contributed by atoms with van der Waals surface area (Å²) in [6.45, 7) is 4.14. The number of hydrogen-bond acceptors (Lipinski definition) is 4. The zero-order valence-corrected chi connectivity index (χ0v) is 12.1. The Kier molecular flexibility index (Phi) is 4.91. The predicted molar refractivity (Wildman–Crippen MR) is 78.4 cm³/mol. The lowest BCUT2D eigenvalue weighted by atomic mass is 10.0. The van der Waals surface area contributed by atoms with Crippen molar-refractivity contribution in [3.05, 3.63) is 17.7 Å². The third-order valence-electron chi connectivity index (χ3n) is 3.67. The summed E-state index contributed by atoms with van der Waals surface area (Å²) in [6.07, 6.45) is 3.85. The third kappa shape index (κ3) is 3.53. The first-order chi connectivity index (χ1) is 9.24. The molecule has 1 aliphatic rings. The molecule has 0 spiro atoms. The number of ether oxygens (including phenoxy) is 2. The lowest BCUT2D eigenvalue weighted by Crippen LogP contribution is -2.39. The van der Waals surface area contributed by atoms with Crippen LogP contribution in [0.25, 0.3) is 0 Å². The second kappa shape index (κ2) is 6.66. The summed E-state index contributed by atoms with van der Waals surface area (Å²) >= 11 is 0. The van der Waals surface area contributed by atoms with E-state index in [1.54, 1.807) is 14.2 Å². The lowest BCUT2D eigenvalue weighted by Gasteiger charge is -2.25. The van der Waals surface area contributed by atoms with Gasteiger partial charge in [-0.05, 0) is 37.9 Å². The van der Waals surface area contributed by atoms with E-state index in [9.17, 15) is 0 Å². The molecule has 4 nitrogen and oxygen atoms in total. The Morgan fingerprint density at radius 1 is 1.26 bits per heavy atom. The molecule has 0 aromatic heterocycles. The largest absolute Gasteiger partial charge is 0.497 e. The van der Waals surface area contributed by atoms with Crippen molar-refractivity contribution in [1.82, 2.24) is 5.32 Å². The molecule has 4 heteroatoms. The SMILES string of the molecule is COc1cc(C)c(NCC2CCCCN2)c(OC)c1. The van der Waals surface area contributed by atoms with E-state index in [2.05, 4.69) is 17.6 Å². The smallest absolute Gasteiger partial charge is 0.145 e. The molecule has 0 radical (unpaired) electrons. The van der Waals surface area contributed by atoms with Crippen molar-refractivity contribution in [2.24, 2.45) is 0 Å². The van der Waals surface area contributed by atoms with E-state index >= 15 is 0 Å². The van der Waals surface area contributed by atoms with E-state index in [0.29, 0.717) is 6.04 Å². The molecular formula is C15H24N2O2. The van der Waals surface area contributed by atoms with Gasteiger partial charge in [0.1, 0.15) is 11.5 Å². The van der Waals surface area contributed by atoms with Gasteiger partial charge in [-0.15, -0.1) is 0 Å². The number of hydrogen-bond donors (Lipinski definition) is 2. The van der Waals surface area contributed by atoms with Gasteiger partial charge in [-0.3, -0.25) is 0 Å². The summed E-state index contributed by atoms with van der Waals surface area (Å²) in [7, 11) is 3.37. The number of rotatable bonds is 5. The van der Waals surface area contributed by atoms with Gasteiger partial charge in [0.15, 0.2) is 0 Å². The van der Waals surface area contributed by atoms with Gasteiger partial charge in [-0.25, -0.2) is 0 Å². The molecule has 1 aromatic rings. The first-order valence-electron chi connectivity index (χ1n) is 6.94. The van der Waals surface area contributed by atoms with E-state index in [0.717, 1.165) is 35.8 Å². The Hall–Kier alpha value is -1.42. The zero-order chi connectivity index (χ0) is 13.7. The van der Waals surface area contributed by atoms with Crippen LogP contribution < -0.4 is 20.1 Å². The van der Waals surface area contributed by atoms with Crippen molar-refractivity contribution in [1.29, 1.82) is 0 Å². The number of benzene rings is 1. The van der Waals surface area contributed by atoms with Gasteiger partial charge < -0.3 is 20.1 Å². The van der Waals surface area contributed by atoms with Crippen molar-refractivity contribution in [3.8, 4) is 11.5 Å². The highest BCUT2D eigenvalue weighted by Crippen LogP contribution is 2.33. The highest BCUT2D eigenvalue weighted by Gasteiger charge is 2.14. The van der Waals surface area contributed by atoms with Crippen LogP contribution in [0.1, 0.15) is 24.8 Å². The molecule has 1 heterocycles. The molecule has 1 fully saturated rings.